The predicted octanol–water partition coefficient (Wildman–Crippen LogP) is 3.05. The third kappa shape index (κ3) is 3.47. The van der Waals surface area contributed by atoms with Crippen LogP contribution in [0.3, 0.4) is 0 Å². The summed E-state index contributed by atoms with van der Waals surface area (Å²) < 4.78 is 0. The molecular formula is C16H27N3. The summed E-state index contributed by atoms with van der Waals surface area (Å²) in [6, 6.07) is 2.30. The van der Waals surface area contributed by atoms with Crippen LogP contribution < -0.4 is 10.6 Å². The monoisotopic (exact) mass is 261 g/mol. The average Bonchev–Trinajstić information content (AvgIpc) is 2.46. The average molecular weight is 261 g/mol. The van der Waals surface area contributed by atoms with Crippen LogP contribution in [-0.4, -0.2) is 18.6 Å². The largest absolute Gasteiger partial charge is 0.359 e. The maximum Gasteiger partial charge on any atom is 0.133 e. The van der Waals surface area contributed by atoms with Crippen LogP contribution in [-0.2, 0) is 19.4 Å². The molecule has 1 aliphatic carbocycles. The molecule has 1 aliphatic rings. The summed E-state index contributed by atoms with van der Waals surface area (Å²) in [5.74, 6) is 1.11. The van der Waals surface area contributed by atoms with Crippen molar-refractivity contribution in [2.75, 3.05) is 18.5 Å². The van der Waals surface area contributed by atoms with E-state index in [0.29, 0.717) is 6.54 Å². The molecule has 0 aliphatic heterocycles. The molecule has 0 bridgehead atoms. The summed E-state index contributed by atoms with van der Waals surface area (Å²) in [6.45, 7) is 3.91. The Morgan fingerprint density at radius 2 is 2.05 bits per heavy atom. The Labute approximate surface area is 117 Å². The maximum atomic E-state index is 5.91. The van der Waals surface area contributed by atoms with E-state index in [9.17, 15) is 0 Å². The Kier molecular flexibility index (Phi) is 5.20. The number of aryl methyl sites for hydroxylation is 2. The summed E-state index contributed by atoms with van der Waals surface area (Å²) in [5.41, 5.74) is 9.85. The quantitative estimate of drug-likeness (QED) is 0.800. The van der Waals surface area contributed by atoms with Gasteiger partial charge in [0.1, 0.15) is 5.82 Å². The molecule has 3 nitrogen and oxygen atoms in total. The van der Waals surface area contributed by atoms with Crippen LogP contribution in [0.5, 0.6) is 0 Å². The number of pyridine rings is 1. The minimum atomic E-state index is 0.591. The predicted molar refractivity (Wildman–Crippen MR) is 81.6 cm³/mol. The molecule has 2 N–H and O–H groups in total. The zero-order chi connectivity index (χ0) is 13.7. The van der Waals surface area contributed by atoms with E-state index in [1.165, 1.54) is 55.3 Å². The third-order valence-corrected chi connectivity index (χ3v) is 4.04. The minimum absolute atomic E-state index is 0.591. The maximum absolute atomic E-state index is 5.91. The van der Waals surface area contributed by atoms with Crippen molar-refractivity contribution in [2.45, 2.75) is 58.4 Å². The van der Waals surface area contributed by atoms with Crippen molar-refractivity contribution in [1.82, 2.24) is 4.98 Å². The Hall–Kier alpha value is -1.09. The number of rotatable bonds is 6. The van der Waals surface area contributed by atoms with E-state index in [1.54, 1.807) is 0 Å². The van der Waals surface area contributed by atoms with Crippen molar-refractivity contribution < 1.29 is 0 Å². The molecule has 106 valence electrons. The van der Waals surface area contributed by atoms with Gasteiger partial charge in [0.2, 0.25) is 0 Å². The number of nitrogens with zero attached hydrogens (tertiary/aromatic N) is 2. The molecule has 0 radical (unpaired) electrons. The second-order valence-corrected chi connectivity index (χ2v) is 5.62. The molecule has 0 aromatic carbocycles. The SMILES string of the molecule is CCCCCN(C)c1nc2c(cc1CN)CCCC2. The van der Waals surface area contributed by atoms with Crippen molar-refractivity contribution in [3.63, 3.8) is 0 Å². The minimum Gasteiger partial charge on any atom is -0.359 e. The summed E-state index contributed by atoms with van der Waals surface area (Å²) >= 11 is 0. The van der Waals surface area contributed by atoms with Gasteiger partial charge in [-0.25, -0.2) is 4.98 Å². The summed E-state index contributed by atoms with van der Waals surface area (Å²) in [4.78, 5) is 7.19. The van der Waals surface area contributed by atoms with Crippen LogP contribution >= 0.6 is 0 Å². The van der Waals surface area contributed by atoms with Crippen LogP contribution in [0.1, 0.15) is 55.8 Å². The number of hydrogen-bond donors (Lipinski definition) is 1. The second kappa shape index (κ2) is 6.90. The van der Waals surface area contributed by atoms with Gasteiger partial charge in [0.15, 0.2) is 0 Å². The van der Waals surface area contributed by atoms with E-state index < -0.39 is 0 Å². The van der Waals surface area contributed by atoms with Crippen molar-refractivity contribution >= 4 is 5.82 Å². The van der Waals surface area contributed by atoms with Gasteiger partial charge in [-0.2, -0.15) is 0 Å². The molecule has 1 aromatic heterocycles. The third-order valence-electron chi connectivity index (χ3n) is 4.04. The first kappa shape index (κ1) is 14.3. The molecule has 2 rings (SSSR count). The molecule has 19 heavy (non-hydrogen) atoms. The molecule has 1 heterocycles. The number of nitrogens with two attached hydrogens (primary N) is 1. The molecular weight excluding hydrogens is 234 g/mol. The fraction of sp³-hybridized carbons (Fsp3) is 0.688. The topological polar surface area (TPSA) is 42.2 Å². The first-order valence-electron chi connectivity index (χ1n) is 7.69. The highest BCUT2D eigenvalue weighted by Gasteiger charge is 2.16. The first-order chi connectivity index (χ1) is 9.26. The molecule has 0 unspecified atom stereocenters. The number of unbranched alkanes of at least 4 members (excludes halogenated alkanes) is 2. The van der Waals surface area contributed by atoms with Gasteiger partial charge in [0.25, 0.3) is 0 Å². The number of fused-ring (bicyclic) bond motifs is 1. The van der Waals surface area contributed by atoms with Gasteiger partial charge in [-0.3, -0.25) is 0 Å². The van der Waals surface area contributed by atoms with Gasteiger partial charge >= 0.3 is 0 Å². The summed E-state index contributed by atoms with van der Waals surface area (Å²) in [6.07, 6.45) is 8.66. The van der Waals surface area contributed by atoms with Crippen molar-refractivity contribution in [2.24, 2.45) is 5.73 Å². The number of aromatic nitrogens is 1. The van der Waals surface area contributed by atoms with Gasteiger partial charge in [-0.05, 0) is 43.7 Å². The van der Waals surface area contributed by atoms with E-state index in [0.717, 1.165) is 18.8 Å². The van der Waals surface area contributed by atoms with E-state index in [4.69, 9.17) is 10.7 Å². The van der Waals surface area contributed by atoms with Gasteiger partial charge < -0.3 is 10.6 Å². The highest BCUT2D eigenvalue weighted by atomic mass is 15.2. The molecule has 0 saturated carbocycles. The Bertz CT molecular complexity index is 415. The lowest BCUT2D eigenvalue weighted by atomic mass is 9.94. The van der Waals surface area contributed by atoms with Crippen LogP contribution in [0.4, 0.5) is 5.82 Å². The Morgan fingerprint density at radius 3 is 2.79 bits per heavy atom. The molecule has 0 atom stereocenters. The smallest absolute Gasteiger partial charge is 0.133 e. The van der Waals surface area contributed by atoms with Crippen molar-refractivity contribution in [1.29, 1.82) is 0 Å². The first-order valence-corrected chi connectivity index (χ1v) is 7.69. The zero-order valence-corrected chi connectivity index (χ0v) is 12.4. The van der Waals surface area contributed by atoms with Gasteiger partial charge in [-0.15, -0.1) is 0 Å². The van der Waals surface area contributed by atoms with E-state index in [2.05, 4.69) is 24.9 Å². The highest BCUT2D eigenvalue weighted by Crippen LogP contribution is 2.26. The molecule has 0 fully saturated rings. The normalized spacial score (nSPS) is 14.3. The van der Waals surface area contributed by atoms with Crippen molar-refractivity contribution in [3.8, 4) is 0 Å². The molecule has 3 heteroatoms. The van der Waals surface area contributed by atoms with E-state index in [1.807, 2.05) is 0 Å². The van der Waals surface area contributed by atoms with E-state index in [-0.39, 0.29) is 0 Å². The van der Waals surface area contributed by atoms with Gasteiger partial charge in [0, 0.05) is 31.4 Å². The fourth-order valence-electron chi connectivity index (χ4n) is 2.86. The number of anilines is 1. The highest BCUT2D eigenvalue weighted by molar-refractivity contribution is 5.50. The zero-order valence-electron chi connectivity index (χ0n) is 12.4. The summed E-state index contributed by atoms with van der Waals surface area (Å²) in [7, 11) is 2.15. The van der Waals surface area contributed by atoms with Crippen LogP contribution in [0.15, 0.2) is 6.07 Å². The second-order valence-electron chi connectivity index (χ2n) is 5.62. The van der Waals surface area contributed by atoms with Crippen LogP contribution in [0.25, 0.3) is 0 Å². The fourth-order valence-corrected chi connectivity index (χ4v) is 2.86. The Morgan fingerprint density at radius 1 is 1.26 bits per heavy atom. The van der Waals surface area contributed by atoms with E-state index >= 15 is 0 Å². The molecule has 1 aromatic rings. The summed E-state index contributed by atoms with van der Waals surface area (Å²) in [5, 5.41) is 0. The lowest BCUT2D eigenvalue weighted by Gasteiger charge is -2.24. The molecule has 0 saturated heterocycles. The number of hydrogen-bond acceptors (Lipinski definition) is 3. The van der Waals surface area contributed by atoms with Crippen molar-refractivity contribution in [3.05, 3.63) is 22.9 Å². The van der Waals surface area contributed by atoms with Gasteiger partial charge in [0.05, 0.1) is 0 Å². The molecule has 0 spiro atoms. The lowest BCUT2D eigenvalue weighted by Crippen LogP contribution is -2.23. The molecule has 0 amide bonds. The standard InChI is InChI=1S/C16H27N3/c1-3-4-7-10-19(2)16-14(12-17)11-13-8-5-6-9-15(13)18-16/h11H,3-10,12,17H2,1-2H3. The lowest BCUT2D eigenvalue weighted by molar-refractivity contribution is 0.658. The van der Waals surface area contributed by atoms with Crippen LogP contribution in [0, 0.1) is 0 Å². The van der Waals surface area contributed by atoms with Gasteiger partial charge in [-0.1, -0.05) is 19.8 Å². The Balaban J connectivity index is 2.18. The van der Waals surface area contributed by atoms with Crippen LogP contribution in [0.2, 0.25) is 0 Å².